The summed E-state index contributed by atoms with van der Waals surface area (Å²) in [6, 6.07) is 7.64. The van der Waals surface area contributed by atoms with Gasteiger partial charge in [0.1, 0.15) is 6.73 Å². The third-order valence-electron chi connectivity index (χ3n) is 3.74. The summed E-state index contributed by atoms with van der Waals surface area (Å²) in [6.45, 7) is 2.39. The number of carbonyl (C=O) groups excluding carboxylic acids is 1. The second-order valence-electron chi connectivity index (χ2n) is 5.70. The minimum absolute atomic E-state index is 0.105. The molecule has 0 aliphatic heterocycles. The van der Waals surface area contributed by atoms with Gasteiger partial charge in [-0.3, -0.25) is 9.89 Å². The number of hydrogen-bond donors (Lipinski definition) is 2. The number of aromatic nitrogens is 4. The van der Waals surface area contributed by atoms with E-state index in [0.717, 1.165) is 27.1 Å². The van der Waals surface area contributed by atoms with Crippen molar-refractivity contribution in [2.24, 2.45) is 0 Å². The number of halogens is 1. The topological polar surface area (TPSA) is 103 Å². The molecule has 0 radical (unpaired) electrons. The Bertz CT molecular complexity index is 906. The summed E-state index contributed by atoms with van der Waals surface area (Å²) < 4.78 is 17.5. The Morgan fingerprint density at radius 3 is 2.81 bits per heavy atom. The van der Waals surface area contributed by atoms with Crippen LogP contribution in [0.3, 0.4) is 0 Å². The van der Waals surface area contributed by atoms with Gasteiger partial charge in [-0.15, -0.1) is 5.10 Å². The number of benzene rings is 1. The molecular weight excluding hydrogens is 418 g/mol. The van der Waals surface area contributed by atoms with Gasteiger partial charge in [-0.1, -0.05) is 0 Å². The van der Waals surface area contributed by atoms with Crippen molar-refractivity contribution < 1.29 is 19.0 Å². The number of aromatic amines is 1. The van der Waals surface area contributed by atoms with Crippen LogP contribution in [0.1, 0.15) is 12.1 Å². The number of nitrogens with zero attached hydrogens (tertiary/aromatic N) is 3. The van der Waals surface area contributed by atoms with Crippen molar-refractivity contribution in [1.82, 2.24) is 19.8 Å². The third-order valence-corrected chi connectivity index (χ3v) is 4.69. The molecule has 0 aliphatic rings. The Hall–Kier alpha value is -2.43. The van der Waals surface area contributed by atoms with E-state index in [1.54, 1.807) is 4.63 Å². The predicted molar refractivity (Wildman–Crippen MR) is 102 cm³/mol. The Balaban J connectivity index is 1.48. The zero-order chi connectivity index (χ0) is 19.2. The summed E-state index contributed by atoms with van der Waals surface area (Å²) in [5, 5.41) is 10.6. The molecule has 27 heavy (non-hydrogen) atoms. The van der Waals surface area contributed by atoms with Crippen LogP contribution in [-0.4, -0.2) is 53.0 Å². The highest BCUT2D eigenvalue weighted by atomic mass is 79.9. The van der Waals surface area contributed by atoms with Gasteiger partial charge in [0.05, 0.1) is 17.5 Å². The smallest absolute Gasteiger partial charge is 0.310 e. The molecule has 2 N–H and O–H groups in total. The average Bonchev–Trinajstić information content (AvgIpc) is 3.19. The SMILES string of the molecule is COCCC(=O)OCOCNc1ccc(-c2nc3c(Br)c(C)[nH]n3n2)cc1. The molecule has 2 heterocycles. The van der Waals surface area contributed by atoms with Crippen molar-refractivity contribution in [2.75, 3.05) is 32.6 Å². The minimum Gasteiger partial charge on any atom is -0.438 e. The van der Waals surface area contributed by atoms with Gasteiger partial charge in [0.2, 0.25) is 0 Å². The molecule has 3 aromatic rings. The van der Waals surface area contributed by atoms with Gasteiger partial charge in [0.15, 0.2) is 18.3 Å². The zero-order valence-electron chi connectivity index (χ0n) is 15.0. The summed E-state index contributed by atoms with van der Waals surface area (Å²) in [5.74, 6) is 0.277. The first-order valence-corrected chi connectivity index (χ1v) is 9.05. The number of ether oxygens (including phenoxy) is 3. The number of anilines is 1. The Morgan fingerprint density at radius 2 is 2.11 bits per heavy atom. The van der Waals surface area contributed by atoms with Crippen LogP contribution < -0.4 is 5.32 Å². The normalized spacial score (nSPS) is 11.1. The minimum atomic E-state index is -0.355. The van der Waals surface area contributed by atoms with Gasteiger partial charge in [-0.2, -0.15) is 4.63 Å². The number of carbonyl (C=O) groups is 1. The maximum Gasteiger partial charge on any atom is 0.310 e. The van der Waals surface area contributed by atoms with Gasteiger partial charge in [0, 0.05) is 24.1 Å². The third kappa shape index (κ3) is 4.85. The highest BCUT2D eigenvalue weighted by molar-refractivity contribution is 9.10. The monoisotopic (exact) mass is 437 g/mol. The Kier molecular flexibility index (Phi) is 6.43. The van der Waals surface area contributed by atoms with Crippen LogP contribution in [0, 0.1) is 6.92 Å². The molecular formula is C17H20BrN5O4. The molecule has 2 aromatic heterocycles. The van der Waals surface area contributed by atoms with Gasteiger partial charge >= 0.3 is 5.97 Å². The number of H-pyrrole nitrogens is 1. The molecule has 3 rings (SSSR count). The maximum atomic E-state index is 11.3. The van der Waals surface area contributed by atoms with Crippen molar-refractivity contribution >= 4 is 33.2 Å². The summed E-state index contributed by atoms with van der Waals surface area (Å²) >= 11 is 3.49. The molecule has 0 amide bonds. The van der Waals surface area contributed by atoms with Crippen LogP contribution in [0.2, 0.25) is 0 Å². The number of aryl methyl sites for hydroxylation is 1. The largest absolute Gasteiger partial charge is 0.438 e. The Morgan fingerprint density at radius 1 is 1.33 bits per heavy atom. The van der Waals surface area contributed by atoms with Gasteiger partial charge in [0.25, 0.3) is 0 Å². The lowest BCUT2D eigenvalue weighted by molar-refractivity contribution is -0.156. The molecule has 0 bridgehead atoms. The number of nitrogens with one attached hydrogen (secondary N) is 2. The van der Waals surface area contributed by atoms with Gasteiger partial charge in [-0.05, 0) is 47.1 Å². The zero-order valence-corrected chi connectivity index (χ0v) is 16.6. The van der Waals surface area contributed by atoms with E-state index >= 15 is 0 Å². The van der Waals surface area contributed by atoms with Crippen LogP contribution in [-0.2, 0) is 19.0 Å². The lowest BCUT2D eigenvalue weighted by Gasteiger charge is -2.08. The van der Waals surface area contributed by atoms with E-state index in [1.165, 1.54) is 7.11 Å². The second-order valence-corrected chi connectivity index (χ2v) is 6.49. The average molecular weight is 438 g/mol. The van der Waals surface area contributed by atoms with Crippen LogP contribution in [0.25, 0.3) is 17.0 Å². The molecule has 0 fully saturated rings. The quantitative estimate of drug-likeness (QED) is 0.301. The summed E-state index contributed by atoms with van der Waals surface area (Å²) in [4.78, 5) is 15.8. The van der Waals surface area contributed by atoms with Crippen molar-refractivity contribution in [3.8, 4) is 11.4 Å². The first-order chi connectivity index (χ1) is 13.1. The van der Waals surface area contributed by atoms with E-state index in [4.69, 9.17) is 14.2 Å². The predicted octanol–water partition coefficient (Wildman–Crippen LogP) is 2.72. The molecule has 0 unspecified atom stereocenters. The van der Waals surface area contributed by atoms with Crippen LogP contribution in [0.4, 0.5) is 5.69 Å². The fourth-order valence-corrected chi connectivity index (χ4v) is 2.65. The molecule has 144 valence electrons. The number of hydrogen-bond acceptors (Lipinski definition) is 7. The van der Waals surface area contributed by atoms with Crippen molar-refractivity contribution in [3.05, 3.63) is 34.4 Å². The van der Waals surface area contributed by atoms with Crippen LogP contribution in [0.15, 0.2) is 28.7 Å². The molecule has 0 aliphatic carbocycles. The molecule has 10 heteroatoms. The van der Waals surface area contributed by atoms with Crippen molar-refractivity contribution in [1.29, 1.82) is 0 Å². The second kappa shape index (κ2) is 8.98. The molecule has 1 aromatic carbocycles. The van der Waals surface area contributed by atoms with E-state index in [9.17, 15) is 4.79 Å². The fourth-order valence-electron chi connectivity index (χ4n) is 2.31. The van der Waals surface area contributed by atoms with Gasteiger partial charge < -0.3 is 19.5 Å². The lowest BCUT2D eigenvalue weighted by Crippen LogP contribution is -2.13. The van der Waals surface area contributed by atoms with E-state index < -0.39 is 0 Å². The first-order valence-electron chi connectivity index (χ1n) is 8.26. The van der Waals surface area contributed by atoms with Crippen LogP contribution in [0.5, 0.6) is 0 Å². The standard InChI is InChI=1S/C17H20BrN5O4/c1-11-15(18)17-20-16(22-23(17)21-11)12-3-5-13(6-4-12)19-9-26-10-27-14(24)7-8-25-2/h3-6,19,21H,7-10H2,1-2H3. The number of rotatable bonds is 9. The Labute approximate surface area is 164 Å². The fraction of sp³-hybridized carbons (Fsp3) is 0.353. The number of esters is 1. The lowest BCUT2D eigenvalue weighted by atomic mass is 10.2. The molecule has 0 atom stereocenters. The summed E-state index contributed by atoms with van der Waals surface area (Å²) in [6.07, 6.45) is 0.210. The van der Waals surface area contributed by atoms with Gasteiger partial charge in [-0.25, -0.2) is 4.98 Å². The maximum absolute atomic E-state index is 11.3. The van der Waals surface area contributed by atoms with Crippen molar-refractivity contribution in [3.63, 3.8) is 0 Å². The highest BCUT2D eigenvalue weighted by Crippen LogP contribution is 2.24. The molecule has 0 spiro atoms. The summed E-state index contributed by atoms with van der Waals surface area (Å²) in [7, 11) is 1.53. The number of fused-ring (bicyclic) bond motifs is 1. The van der Waals surface area contributed by atoms with E-state index in [0.29, 0.717) is 12.4 Å². The first kappa shape index (κ1) is 19.3. The van der Waals surface area contributed by atoms with E-state index in [2.05, 4.69) is 36.4 Å². The molecule has 9 nitrogen and oxygen atoms in total. The van der Waals surface area contributed by atoms with E-state index in [1.807, 2.05) is 31.2 Å². The van der Waals surface area contributed by atoms with E-state index in [-0.39, 0.29) is 25.9 Å². The van der Waals surface area contributed by atoms with Crippen molar-refractivity contribution in [2.45, 2.75) is 13.3 Å². The number of methoxy groups -OCH3 is 1. The van der Waals surface area contributed by atoms with Crippen LogP contribution >= 0.6 is 15.9 Å². The molecule has 0 saturated heterocycles. The summed E-state index contributed by atoms with van der Waals surface area (Å²) in [5.41, 5.74) is 3.49. The molecule has 0 saturated carbocycles. The highest BCUT2D eigenvalue weighted by Gasteiger charge is 2.12.